The molecule has 3 nitrogen and oxygen atoms in total. The number of hydrogen-bond acceptors (Lipinski definition) is 3. The molecule has 0 spiro atoms. The van der Waals surface area contributed by atoms with Crippen molar-refractivity contribution in [1.29, 1.82) is 0 Å². The van der Waals surface area contributed by atoms with E-state index in [1.807, 2.05) is 0 Å². The Balaban J connectivity index is 1.30. The van der Waals surface area contributed by atoms with Gasteiger partial charge in [0.1, 0.15) is 0 Å². The second-order valence-electron chi connectivity index (χ2n) is 9.57. The van der Waals surface area contributed by atoms with Crippen LogP contribution in [-0.4, -0.2) is 24.3 Å². The second kappa shape index (κ2) is 6.11. The van der Waals surface area contributed by atoms with Gasteiger partial charge in [-0.15, -0.1) is 0 Å². The lowest BCUT2D eigenvalue weighted by atomic mass is 9.57. The average Bonchev–Trinajstić information content (AvgIpc) is 3.37. The highest BCUT2D eigenvalue weighted by Crippen LogP contribution is 2.78. The summed E-state index contributed by atoms with van der Waals surface area (Å²) in [5.74, 6) is 6.71. The monoisotopic (exact) mass is 344 g/mol. The lowest BCUT2D eigenvalue weighted by Crippen LogP contribution is -2.43. The van der Waals surface area contributed by atoms with Crippen LogP contribution in [-0.2, 0) is 9.53 Å². The summed E-state index contributed by atoms with van der Waals surface area (Å²) in [5, 5.41) is 8.79. The molecule has 0 amide bonds. The van der Waals surface area contributed by atoms with Crippen LogP contribution in [0.4, 0.5) is 0 Å². The van der Waals surface area contributed by atoms with Crippen LogP contribution in [0.2, 0.25) is 0 Å². The molecule has 0 saturated heterocycles. The first-order valence-electron chi connectivity index (χ1n) is 10.7. The van der Waals surface area contributed by atoms with Crippen molar-refractivity contribution < 1.29 is 14.6 Å². The maximum atomic E-state index is 11.9. The average molecular weight is 344 g/mol. The summed E-state index contributed by atoms with van der Waals surface area (Å²) < 4.78 is 5.57. The normalized spacial score (nSPS) is 49.1. The molecule has 1 N–H and O–H groups in total. The summed E-state index contributed by atoms with van der Waals surface area (Å²) >= 11 is 0. The molecule has 4 bridgehead atoms. The van der Waals surface area contributed by atoms with Crippen LogP contribution in [0.1, 0.15) is 57.8 Å². The minimum Gasteiger partial charge on any atom is -0.463 e. The molecule has 5 saturated carbocycles. The van der Waals surface area contributed by atoms with Crippen molar-refractivity contribution in [2.75, 3.05) is 13.2 Å². The van der Waals surface area contributed by atoms with Crippen molar-refractivity contribution in [3.05, 3.63) is 12.2 Å². The molecule has 0 heterocycles. The summed E-state index contributed by atoms with van der Waals surface area (Å²) in [7, 11) is 0. The standard InChI is InChI=1S/C22H32O3/c23-10-2-1-6-19(24)25-11-9-22-13-17(16-4-3-5-18(16)22)20-14-7-8-15(12-14)21(20)22/h1,6,14-18,20-21,23H,2-5,7-13H2. The fourth-order valence-corrected chi connectivity index (χ4v) is 8.66. The Kier molecular flexibility index (Phi) is 4.00. The summed E-state index contributed by atoms with van der Waals surface area (Å²) in [6, 6.07) is 0. The fourth-order valence-electron chi connectivity index (χ4n) is 8.66. The smallest absolute Gasteiger partial charge is 0.330 e. The first-order valence-corrected chi connectivity index (χ1v) is 10.7. The third kappa shape index (κ3) is 2.30. The summed E-state index contributed by atoms with van der Waals surface area (Å²) in [6.07, 6.45) is 15.1. The van der Waals surface area contributed by atoms with Crippen LogP contribution in [0.5, 0.6) is 0 Å². The van der Waals surface area contributed by atoms with Gasteiger partial charge >= 0.3 is 5.97 Å². The molecule has 5 fully saturated rings. The van der Waals surface area contributed by atoms with Gasteiger partial charge in [0.15, 0.2) is 0 Å². The van der Waals surface area contributed by atoms with E-state index in [2.05, 4.69) is 0 Å². The largest absolute Gasteiger partial charge is 0.463 e. The van der Waals surface area contributed by atoms with E-state index in [1.54, 1.807) is 6.08 Å². The van der Waals surface area contributed by atoms with E-state index in [-0.39, 0.29) is 12.6 Å². The second-order valence-corrected chi connectivity index (χ2v) is 9.57. The number of carbonyl (C=O) groups is 1. The Hall–Kier alpha value is -0.830. The molecule has 3 heteroatoms. The molecule has 25 heavy (non-hydrogen) atoms. The molecule has 8 unspecified atom stereocenters. The van der Waals surface area contributed by atoms with Gasteiger partial charge in [-0.3, -0.25) is 0 Å². The van der Waals surface area contributed by atoms with Crippen molar-refractivity contribution in [2.24, 2.45) is 46.8 Å². The Morgan fingerprint density at radius 2 is 2.04 bits per heavy atom. The van der Waals surface area contributed by atoms with Crippen molar-refractivity contribution >= 4 is 5.97 Å². The number of rotatable bonds is 6. The molecule has 5 aliphatic carbocycles. The lowest BCUT2D eigenvalue weighted by molar-refractivity contribution is -0.139. The molecule has 5 aliphatic rings. The van der Waals surface area contributed by atoms with E-state index in [1.165, 1.54) is 51.0 Å². The van der Waals surface area contributed by atoms with E-state index >= 15 is 0 Å². The maximum Gasteiger partial charge on any atom is 0.330 e. The number of carbonyl (C=O) groups excluding carboxylic acids is 1. The van der Waals surface area contributed by atoms with E-state index in [4.69, 9.17) is 9.84 Å². The lowest BCUT2D eigenvalue weighted by Gasteiger charge is -2.48. The molecule has 5 rings (SSSR count). The van der Waals surface area contributed by atoms with Crippen molar-refractivity contribution in [2.45, 2.75) is 57.8 Å². The number of fused-ring (bicyclic) bond motifs is 12. The predicted molar refractivity (Wildman–Crippen MR) is 95.6 cm³/mol. The quantitative estimate of drug-likeness (QED) is 0.451. The number of ether oxygens (including phenoxy) is 1. The van der Waals surface area contributed by atoms with Crippen molar-refractivity contribution in [1.82, 2.24) is 0 Å². The minimum absolute atomic E-state index is 0.0863. The van der Waals surface area contributed by atoms with E-state index in [0.29, 0.717) is 18.4 Å². The van der Waals surface area contributed by atoms with Crippen LogP contribution in [0.25, 0.3) is 0 Å². The predicted octanol–water partition coefficient (Wildman–Crippen LogP) is 3.96. The molecule has 0 aliphatic heterocycles. The zero-order chi connectivity index (χ0) is 17.0. The van der Waals surface area contributed by atoms with Gasteiger partial charge in [-0.25, -0.2) is 4.79 Å². The third-order valence-electron chi connectivity index (χ3n) is 8.97. The number of aliphatic hydroxyl groups excluding tert-OH is 1. The van der Waals surface area contributed by atoms with Gasteiger partial charge in [0.05, 0.1) is 6.61 Å². The van der Waals surface area contributed by atoms with E-state index < -0.39 is 0 Å². The zero-order valence-corrected chi connectivity index (χ0v) is 15.2. The first kappa shape index (κ1) is 16.4. The van der Waals surface area contributed by atoms with E-state index in [9.17, 15) is 4.79 Å². The Morgan fingerprint density at radius 3 is 2.92 bits per heavy atom. The van der Waals surface area contributed by atoms with E-state index in [0.717, 1.165) is 47.8 Å². The highest BCUT2D eigenvalue weighted by atomic mass is 16.5. The van der Waals surface area contributed by atoms with Crippen LogP contribution in [0.3, 0.4) is 0 Å². The minimum atomic E-state index is -0.232. The molecule has 0 aromatic heterocycles. The number of aliphatic hydroxyl groups is 1. The van der Waals surface area contributed by atoms with Crippen molar-refractivity contribution in [3.63, 3.8) is 0 Å². The van der Waals surface area contributed by atoms with Crippen LogP contribution in [0.15, 0.2) is 12.2 Å². The summed E-state index contributed by atoms with van der Waals surface area (Å²) in [5.41, 5.74) is 0.505. The molecule has 0 aromatic carbocycles. The van der Waals surface area contributed by atoms with Crippen molar-refractivity contribution in [3.8, 4) is 0 Å². The molecular formula is C22H32O3. The van der Waals surface area contributed by atoms with Gasteiger partial charge in [-0.2, -0.15) is 0 Å². The van der Waals surface area contributed by atoms with Gasteiger partial charge < -0.3 is 9.84 Å². The molecule has 8 atom stereocenters. The highest BCUT2D eigenvalue weighted by molar-refractivity contribution is 5.81. The SMILES string of the molecule is O=C(C=CCCO)OCCC12CC(C3CCCC31)C1C3CCC(C3)C12. The molecule has 138 valence electrons. The van der Waals surface area contributed by atoms with Crippen LogP contribution in [0, 0.1) is 46.8 Å². The maximum absolute atomic E-state index is 11.9. The Bertz CT molecular complexity index is 570. The van der Waals surface area contributed by atoms with Gasteiger partial charge in [-0.1, -0.05) is 12.5 Å². The topological polar surface area (TPSA) is 46.5 Å². The molecule has 0 radical (unpaired) electrons. The third-order valence-corrected chi connectivity index (χ3v) is 8.97. The Labute approximate surface area is 151 Å². The number of hydrogen-bond donors (Lipinski definition) is 1. The van der Waals surface area contributed by atoms with Crippen LogP contribution < -0.4 is 0 Å². The van der Waals surface area contributed by atoms with Gasteiger partial charge in [-0.05, 0) is 98.2 Å². The molecule has 0 aromatic rings. The van der Waals surface area contributed by atoms with Gasteiger partial charge in [0, 0.05) is 12.7 Å². The summed E-state index contributed by atoms with van der Waals surface area (Å²) in [6.45, 7) is 0.682. The first-order chi connectivity index (χ1) is 12.2. The highest BCUT2D eigenvalue weighted by Gasteiger charge is 2.72. The fraction of sp³-hybridized carbons (Fsp3) is 0.864. The summed E-state index contributed by atoms with van der Waals surface area (Å²) in [4.78, 5) is 11.9. The van der Waals surface area contributed by atoms with Gasteiger partial charge in [0.25, 0.3) is 0 Å². The number of esters is 1. The van der Waals surface area contributed by atoms with Gasteiger partial charge in [0.2, 0.25) is 0 Å². The molecular weight excluding hydrogens is 312 g/mol. The Morgan fingerprint density at radius 1 is 1.16 bits per heavy atom. The zero-order valence-electron chi connectivity index (χ0n) is 15.2. The van der Waals surface area contributed by atoms with Crippen LogP contribution >= 0.6 is 0 Å².